The van der Waals surface area contributed by atoms with Crippen molar-refractivity contribution in [3.63, 3.8) is 0 Å². The molecule has 0 aromatic heterocycles. The summed E-state index contributed by atoms with van der Waals surface area (Å²) in [5.74, 6) is 0.316. The van der Waals surface area contributed by atoms with Gasteiger partial charge < -0.3 is 9.64 Å². The second-order valence-corrected chi connectivity index (χ2v) is 5.36. The van der Waals surface area contributed by atoms with Crippen LogP contribution in [0.1, 0.15) is 58.8 Å². The normalized spacial score (nSPS) is 20.1. The van der Waals surface area contributed by atoms with E-state index in [1.54, 1.807) is 6.92 Å². The van der Waals surface area contributed by atoms with Crippen LogP contribution in [-0.4, -0.2) is 42.4 Å². The maximum absolute atomic E-state index is 12.2. The van der Waals surface area contributed by atoms with Gasteiger partial charge in [-0.1, -0.05) is 19.8 Å². The van der Waals surface area contributed by atoms with Gasteiger partial charge in [0, 0.05) is 25.6 Å². The molecule has 0 saturated carbocycles. The molecule has 1 saturated heterocycles. The summed E-state index contributed by atoms with van der Waals surface area (Å²) in [6, 6.07) is 0.110. The van der Waals surface area contributed by atoms with Crippen molar-refractivity contribution in [2.24, 2.45) is 0 Å². The number of ketones is 1. The molecular formula is C15H27NO3. The Balaban J connectivity index is 2.48. The van der Waals surface area contributed by atoms with Gasteiger partial charge in [0.1, 0.15) is 5.78 Å². The first-order chi connectivity index (χ1) is 9.15. The number of carbonyl (C=O) groups is 2. The van der Waals surface area contributed by atoms with E-state index < -0.39 is 0 Å². The number of hydrogen-bond acceptors (Lipinski definition) is 3. The Morgan fingerprint density at radius 1 is 1.21 bits per heavy atom. The van der Waals surface area contributed by atoms with E-state index in [4.69, 9.17) is 4.74 Å². The summed E-state index contributed by atoms with van der Waals surface area (Å²) >= 11 is 0. The number of likely N-dealkylation sites (tertiary alicyclic amines) is 1. The summed E-state index contributed by atoms with van der Waals surface area (Å²) < 4.78 is 5.38. The van der Waals surface area contributed by atoms with E-state index in [1.165, 1.54) is 0 Å². The van der Waals surface area contributed by atoms with Gasteiger partial charge in [-0.3, -0.25) is 9.59 Å². The van der Waals surface area contributed by atoms with Gasteiger partial charge in [0.05, 0.1) is 13.0 Å². The third-order valence-corrected chi connectivity index (χ3v) is 3.53. The summed E-state index contributed by atoms with van der Waals surface area (Å²) in [7, 11) is 0. The lowest BCUT2D eigenvalue weighted by Crippen LogP contribution is -2.41. The highest BCUT2D eigenvalue weighted by Crippen LogP contribution is 2.20. The quantitative estimate of drug-likeness (QED) is 0.667. The van der Waals surface area contributed by atoms with E-state index in [9.17, 15) is 9.59 Å². The molecular weight excluding hydrogens is 242 g/mol. The van der Waals surface area contributed by atoms with E-state index in [1.807, 2.05) is 4.90 Å². The first kappa shape index (κ1) is 16.2. The maximum atomic E-state index is 12.2. The number of Topliss-reactive ketones (excluding diaryl/α,β-unsaturated/α-hetero) is 1. The Labute approximate surface area is 116 Å². The fourth-order valence-corrected chi connectivity index (χ4v) is 2.60. The molecule has 4 nitrogen and oxygen atoms in total. The molecule has 1 aliphatic heterocycles. The lowest BCUT2D eigenvalue weighted by atomic mass is 10.0. The monoisotopic (exact) mass is 269 g/mol. The Morgan fingerprint density at radius 2 is 2.00 bits per heavy atom. The van der Waals surface area contributed by atoms with E-state index >= 15 is 0 Å². The topological polar surface area (TPSA) is 46.6 Å². The van der Waals surface area contributed by atoms with Crippen LogP contribution in [0.15, 0.2) is 0 Å². The predicted octanol–water partition coefficient (Wildman–Crippen LogP) is 2.55. The maximum Gasteiger partial charge on any atom is 0.225 e. The summed E-state index contributed by atoms with van der Waals surface area (Å²) in [6.07, 6.45) is 6.20. The van der Waals surface area contributed by atoms with Gasteiger partial charge in [-0.05, 0) is 26.2 Å². The fraction of sp³-hybridized carbons (Fsp3) is 0.867. The van der Waals surface area contributed by atoms with Crippen molar-refractivity contribution in [1.82, 2.24) is 4.90 Å². The van der Waals surface area contributed by atoms with Gasteiger partial charge in [0.15, 0.2) is 0 Å². The Bertz CT molecular complexity index is 291. The van der Waals surface area contributed by atoms with Crippen LogP contribution < -0.4 is 0 Å². The van der Waals surface area contributed by atoms with Gasteiger partial charge in [-0.2, -0.15) is 0 Å². The lowest BCUT2D eigenvalue weighted by molar-refractivity contribution is -0.135. The number of nitrogens with zero attached hydrogens (tertiary/aromatic N) is 1. The van der Waals surface area contributed by atoms with Crippen molar-refractivity contribution in [3.8, 4) is 0 Å². The van der Waals surface area contributed by atoms with Crippen LogP contribution in [0.2, 0.25) is 0 Å². The number of hydrogen-bond donors (Lipinski definition) is 0. The Morgan fingerprint density at radius 3 is 2.68 bits per heavy atom. The molecule has 0 bridgehead atoms. The molecule has 19 heavy (non-hydrogen) atoms. The van der Waals surface area contributed by atoms with E-state index in [2.05, 4.69) is 6.92 Å². The van der Waals surface area contributed by atoms with Crippen LogP contribution in [0, 0.1) is 0 Å². The summed E-state index contributed by atoms with van der Waals surface area (Å²) in [6.45, 7) is 5.67. The number of carbonyl (C=O) groups excluding carboxylic acids is 2. The van der Waals surface area contributed by atoms with Gasteiger partial charge in [0.25, 0.3) is 0 Å². The largest absolute Gasteiger partial charge is 0.381 e. The smallest absolute Gasteiger partial charge is 0.225 e. The number of rotatable bonds is 7. The van der Waals surface area contributed by atoms with Crippen molar-refractivity contribution >= 4 is 11.7 Å². The van der Waals surface area contributed by atoms with Gasteiger partial charge >= 0.3 is 0 Å². The molecule has 1 aliphatic rings. The first-order valence-electron chi connectivity index (χ1n) is 7.51. The third-order valence-electron chi connectivity index (χ3n) is 3.53. The van der Waals surface area contributed by atoms with Crippen LogP contribution in [-0.2, 0) is 14.3 Å². The molecule has 110 valence electrons. The van der Waals surface area contributed by atoms with Crippen LogP contribution in [0.5, 0.6) is 0 Å². The molecule has 0 radical (unpaired) electrons. The third kappa shape index (κ3) is 6.19. The van der Waals surface area contributed by atoms with E-state index in [0.29, 0.717) is 26.1 Å². The van der Waals surface area contributed by atoms with Crippen molar-refractivity contribution in [1.29, 1.82) is 0 Å². The molecule has 1 fully saturated rings. The standard InChI is InChI=1S/C15H27NO3/c1-3-10-19-11-8-15(18)16-9-6-4-5-7-14(16)12-13(2)17/h14H,3-12H2,1-2H3. The van der Waals surface area contributed by atoms with Crippen molar-refractivity contribution < 1.29 is 14.3 Å². The average molecular weight is 269 g/mol. The molecule has 1 atom stereocenters. The van der Waals surface area contributed by atoms with Gasteiger partial charge in [-0.15, -0.1) is 0 Å². The van der Waals surface area contributed by atoms with Crippen LogP contribution in [0.3, 0.4) is 0 Å². The molecule has 0 spiro atoms. The Kier molecular flexibility index (Phi) is 7.72. The minimum atomic E-state index is 0.110. The summed E-state index contributed by atoms with van der Waals surface area (Å²) in [5, 5.41) is 0. The SMILES string of the molecule is CCCOCCC(=O)N1CCCCCC1CC(C)=O. The second kappa shape index (κ2) is 9.08. The fourth-order valence-electron chi connectivity index (χ4n) is 2.60. The van der Waals surface area contributed by atoms with Crippen molar-refractivity contribution in [3.05, 3.63) is 0 Å². The van der Waals surface area contributed by atoms with Gasteiger partial charge in [-0.25, -0.2) is 0 Å². The number of ether oxygens (including phenoxy) is 1. The van der Waals surface area contributed by atoms with Crippen LogP contribution >= 0.6 is 0 Å². The molecule has 1 rings (SSSR count). The van der Waals surface area contributed by atoms with Crippen LogP contribution in [0.25, 0.3) is 0 Å². The summed E-state index contributed by atoms with van der Waals surface area (Å²) in [4.78, 5) is 25.5. The Hall–Kier alpha value is -0.900. The van der Waals surface area contributed by atoms with Gasteiger partial charge in [0.2, 0.25) is 5.91 Å². The van der Waals surface area contributed by atoms with Crippen LogP contribution in [0.4, 0.5) is 0 Å². The second-order valence-electron chi connectivity index (χ2n) is 5.36. The zero-order valence-corrected chi connectivity index (χ0v) is 12.3. The minimum absolute atomic E-state index is 0.110. The molecule has 1 heterocycles. The lowest BCUT2D eigenvalue weighted by Gasteiger charge is -2.29. The highest BCUT2D eigenvalue weighted by molar-refractivity contribution is 5.79. The molecule has 0 aliphatic carbocycles. The summed E-state index contributed by atoms with van der Waals surface area (Å²) in [5.41, 5.74) is 0. The molecule has 4 heteroatoms. The average Bonchev–Trinajstić information content (AvgIpc) is 2.59. The van der Waals surface area contributed by atoms with Crippen molar-refractivity contribution in [2.75, 3.05) is 19.8 Å². The number of amides is 1. The first-order valence-corrected chi connectivity index (χ1v) is 7.51. The predicted molar refractivity (Wildman–Crippen MR) is 75.0 cm³/mol. The van der Waals surface area contributed by atoms with Crippen molar-refractivity contribution in [2.45, 2.75) is 64.8 Å². The van der Waals surface area contributed by atoms with E-state index in [0.717, 1.165) is 38.6 Å². The molecule has 0 N–H and O–H groups in total. The zero-order chi connectivity index (χ0) is 14.1. The molecule has 0 aromatic rings. The highest BCUT2D eigenvalue weighted by atomic mass is 16.5. The molecule has 1 unspecified atom stereocenters. The zero-order valence-electron chi connectivity index (χ0n) is 12.3. The van der Waals surface area contributed by atoms with E-state index in [-0.39, 0.29) is 17.7 Å². The molecule has 0 aromatic carbocycles. The molecule has 1 amide bonds. The minimum Gasteiger partial charge on any atom is -0.381 e. The highest BCUT2D eigenvalue weighted by Gasteiger charge is 2.25.